The van der Waals surface area contributed by atoms with E-state index >= 15 is 0 Å². The average Bonchev–Trinajstić information content (AvgIpc) is 2.55. The van der Waals surface area contributed by atoms with Crippen LogP contribution in [0.3, 0.4) is 0 Å². The van der Waals surface area contributed by atoms with E-state index in [0.717, 1.165) is 5.56 Å². The van der Waals surface area contributed by atoms with Gasteiger partial charge in [0.25, 0.3) is 5.91 Å². The van der Waals surface area contributed by atoms with Crippen molar-refractivity contribution in [2.75, 3.05) is 19.0 Å². The molecule has 0 aliphatic carbocycles. The zero-order valence-electron chi connectivity index (χ0n) is 12.4. The monoisotopic (exact) mass is 299 g/mol. The smallest absolute Gasteiger partial charge is 0.256 e. The molecule has 6 heteroatoms. The maximum atomic E-state index is 12.2. The lowest BCUT2D eigenvalue weighted by Crippen LogP contribution is -2.38. The number of nitrogens with one attached hydrogen (secondary N) is 2. The molecule has 1 amide bonds. The van der Waals surface area contributed by atoms with Crippen LogP contribution in [-0.2, 0) is 0 Å². The van der Waals surface area contributed by atoms with E-state index < -0.39 is 0 Å². The van der Waals surface area contributed by atoms with Gasteiger partial charge in [-0.15, -0.1) is 0 Å². The second-order valence-corrected chi connectivity index (χ2v) is 4.79. The fourth-order valence-corrected chi connectivity index (χ4v) is 2.39. The third-order valence-corrected chi connectivity index (χ3v) is 3.43. The van der Waals surface area contributed by atoms with Gasteiger partial charge in [-0.3, -0.25) is 4.79 Å². The zero-order valence-corrected chi connectivity index (χ0v) is 12.4. The molecule has 22 heavy (non-hydrogen) atoms. The van der Waals surface area contributed by atoms with Gasteiger partial charge in [-0.25, -0.2) is 4.98 Å². The highest BCUT2D eigenvalue weighted by Gasteiger charge is 2.25. The van der Waals surface area contributed by atoms with Gasteiger partial charge < -0.3 is 20.1 Å². The number of amides is 1. The third-order valence-electron chi connectivity index (χ3n) is 3.43. The van der Waals surface area contributed by atoms with Crippen molar-refractivity contribution in [3.63, 3.8) is 0 Å². The van der Waals surface area contributed by atoms with E-state index in [2.05, 4.69) is 15.6 Å². The molecule has 0 spiro atoms. The summed E-state index contributed by atoms with van der Waals surface area (Å²) in [5, 5.41) is 6.12. The Bertz CT molecular complexity index is 703. The number of ether oxygens (including phenoxy) is 2. The number of carbonyl (C=O) groups is 1. The van der Waals surface area contributed by atoms with Crippen LogP contribution in [0.2, 0.25) is 0 Å². The summed E-state index contributed by atoms with van der Waals surface area (Å²) >= 11 is 0. The van der Waals surface area contributed by atoms with Crippen LogP contribution in [0, 0.1) is 0 Å². The Labute approximate surface area is 128 Å². The highest BCUT2D eigenvalue weighted by Crippen LogP contribution is 2.32. The van der Waals surface area contributed by atoms with Crippen molar-refractivity contribution in [1.29, 1.82) is 0 Å². The molecule has 0 bridgehead atoms. The van der Waals surface area contributed by atoms with Crippen molar-refractivity contribution in [2.45, 2.75) is 13.1 Å². The predicted molar refractivity (Wildman–Crippen MR) is 82.2 cm³/mol. The van der Waals surface area contributed by atoms with Gasteiger partial charge in [-0.2, -0.15) is 0 Å². The van der Waals surface area contributed by atoms with Gasteiger partial charge in [0, 0.05) is 6.20 Å². The molecule has 2 aromatic rings. The van der Waals surface area contributed by atoms with Crippen LogP contribution in [0.15, 0.2) is 36.5 Å². The minimum Gasteiger partial charge on any atom is -0.493 e. The van der Waals surface area contributed by atoms with Crippen molar-refractivity contribution in [2.24, 2.45) is 0 Å². The first-order valence-electron chi connectivity index (χ1n) is 7.06. The molecule has 0 unspecified atom stereocenters. The number of hydrogen-bond donors (Lipinski definition) is 2. The van der Waals surface area contributed by atoms with Crippen LogP contribution in [-0.4, -0.2) is 24.6 Å². The topological polar surface area (TPSA) is 72.5 Å². The third kappa shape index (κ3) is 2.55. The summed E-state index contributed by atoms with van der Waals surface area (Å²) in [4.78, 5) is 16.4. The van der Waals surface area contributed by atoms with Gasteiger partial charge in [0.2, 0.25) is 0 Å². The number of methoxy groups -OCH3 is 1. The lowest BCUT2D eigenvalue weighted by Gasteiger charge is -2.27. The maximum Gasteiger partial charge on any atom is 0.256 e. The molecule has 2 heterocycles. The summed E-state index contributed by atoms with van der Waals surface area (Å²) in [6.07, 6.45) is 1.29. The molecule has 1 atom stereocenters. The summed E-state index contributed by atoms with van der Waals surface area (Å²) < 4.78 is 10.8. The maximum absolute atomic E-state index is 12.2. The summed E-state index contributed by atoms with van der Waals surface area (Å²) in [6.45, 7) is 2.45. The molecule has 6 nitrogen and oxygen atoms in total. The Hall–Kier alpha value is -2.76. The molecule has 1 aliphatic rings. The first kappa shape index (κ1) is 14.2. The Morgan fingerprint density at radius 3 is 2.86 bits per heavy atom. The number of pyridine rings is 1. The Morgan fingerprint density at radius 2 is 2.09 bits per heavy atom. The lowest BCUT2D eigenvalue weighted by atomic mass is 10.1. The molecule has 1 aromatic carbocycles. The number of anilines is 1. The van der Waals surface area contributed by atoms with Crippen LogP contribution in [0.1, 0.15) is 29.0 Å². The first-order chi connectivity index (χ1) is 10.7. The number of carbonyl (C=O) groups excluding carboxylic acids is 1. The van der Waals surface area contributed by atoms with Gasteiger partial charge in [0.15, 0.2) is 11.5 Å². The number of nitrogens with zero attached hydrogens (tertiary/aromatic N) is 1. The number of benzene rings is 1. The molecule has 2 N–H and O–H groups in total. The van der Waals surface area contributed by atoms with Crippen LogP contribution in [0.5, 0.6) is 11.5 Å². The number of aromatic nitrogens is 1. The summed E-state index contributed by atoms with van der Waals surface area (Å²) in [5.74, 6) is 1.72. The van der Waals surface area contributed by atoms with E-state index in [9.17, 15) is 4.79 Å². The second-order valence-electron chi connectivity index (χ2n) is 4.79. The van der Waals surface area contributed by atoms with Crippen LogP contribution < -0.4 is 20.1 Å². The minimum absolute atomic E-state index is 0.152. The van der Waals surface area contributed by atoms with Crippen molar-refractivity contribution in [3.8, 4) is 11.5 Å². The average molecular weight is 299 g/mol. The van der Waals surface area contributed by atoms with E-state index in [1.807, 2.05) is 25.1 Å². The SMILES string of the molecule is CCOc1cc([C@@H]2NC(=O)c3cccnc3N2)ccc1OC. The fourth-order valence-electron chi connectivity index (χ4n) is 2.39. The molecule has 1 aromatic heterocycles. The molecule has 0 saturated heterocycles. The van der Waals surface area contributed by atoms with Crippen LogP contribution >= 0.6 is 0 Å². The van der Waals surface area contributed by atoms with E-state index in [1.54, 1.807) is 25.4 Å². The number of hydrogen-bond acceptors (Lipinski definition) is 5. The molecule has 0 radical (unpaired) electrons. The number of fused-ring (bicyclic) bond motifs is 1. The lowest BCUT2D eigenvalue weighted by molar-refractivity contribution is 0.0935. The Kier molecular flexibility index (Phi) is 3.82. The second kappa shape index (κ2) is 5.93. The van der Waals surface area contributed by atoms with Crippen molar-refractivity contribution in [1.82, 2.24) is 10.3 Å². The van der Waals surface area contributed by atoms with E-state index in [4.69, 9.17) is 9.47 Å². The van der Waals surface area contributed by atoms with Gasteiger partial charge in [-0.05, 0) is 36.8 Å². The number of rotatable bonds is 4. The molecular formula is C16H17N3O3. The van der Waals surface area contributed by atoms with E-state index in [-0.39, 0.29) is 12.1 Å². The summed E-state index contributed by atoms with van der Waals surface area (Å²) in [6, 6.07) is 9.03. The van der Waals surface area contributed by atoms with E-state index in [0.29, 0.717) is 29.5 Å². The normalized spacial score (nSPS) is 16.3. The minimum atomic E-state index is -0.361. The van der Waals surface area contributed by atoms with Crippen LogP contribution in [0.4, 0.5) is 5.82 Å². The highest BCUT2D eigenvalue weighted by molar-refractivity contribution is 6.00. The molecule has 0 fully saturated rings. The first-order valence-corrected chi connectivity index (χ1v) is 7.06. The molecule has 114 valence electrons. The quantitative estimate of drug-likeness (QED) is 0.906. The Balaban J connectivity index is 1.92. The van der Waals surface area contributed by atoms with Crippen LogP contribution in [0.25, 0.3) is 0 Å². The molecule has 0 saturated carbocycles. The standard InChI is InChI=1S/C16H17N3O3/c1-3-22-13-9-10(6-7-12(13)21-2)14-18-15-11(16(20)19-14)5-4-8-17-15/h4-9,14H,3H2,1-2H3,(H,17,18)(H,19,20)/t14-/m0/s1. The largest absolute Gasteiger partial charge is 0.493 e. The molecular weight excluding hydrogens is 282 g/mol. The van der Waals surface area contributed by atoms with Crippen molar-refractivity contribution >= 4 is 11.7 Å². The van der Waals surface area contributed by atoms with Crippen molar-refractivity contribution < 1.29 is 14.3 Å². The Morgan fingerprint density at radius 1 is 1.23 bits per heavy atom. The van der Waals surface area contributed by atoms with Gasteiger partial charge in [-0.1, -0.05) is 6.07 Å². The van der Waals surface area contributed by atoms with Gasteiger partial charge in [0.05, 0.1) is 19.3 Å². The molecule has 3 rings (SSSR count). The summed E-state index contributed by atoms with van der Waals surface area (Å²) in [5.41, 5.74) is 1.41. The molecule has 1 aliphatic heterocycles. The van der Waals surface area contributed by atoms with E-state index in [1.165, 1.54) is 0 Å². The van der Waals surface area contributed by atoms with Gasteiger partial charge in [0.1, 0.15) is 12.0 Å². The fraction of sp³-hybridized carbons (Fsp3) is 0.250. The van der Waals surface area contributed by atoms with Crippen molar-refractivity contribution in [3.05, 3.63) is 47.7 Å². The van der Waals surface area contributed by atoms with Gasteiger partial charge >= 0.3 is 0 Å². The predicted octanol–water partition coefficient (Wildman–Crippen LogP) is 2.34. The zero-order chi connectivity index (χ0) is 15.5. The summed E-state index contributed by atoms with van der Waals surface area (Å²) in [7, 11) is 1.60. The highest BCUT2D eigenvalue weighted by atomic mass is 16.5.